The maximum absolute atomic E-state index is 12.0. The number of amides is 1. The minimum atomic E-state index is -3.52. The summed E-state index contributed by atoms with van der Waals surface area (Å²) in [6, 6.07) is 6.02. The summed E-state index contributed by atoms with van der Waals surface area (Å²) in [4.78, 5) is 12.1. The highest BCUT2D eigenvalue weighted by molar-refractivity contribution is 7.89. The smallest absolute Gasteiger partial charge is 0.251 e. The molecule has 6 heteroatoms. The Morgan fingerprint density at radius 2 is 1.79 bits per heavy atom. The van der Waals surface area contributed by atoms with Gasteiger partial charge in [-0.2, -0.15) is 0 Å². The Kier molecular flexibility index (Phi) is 4.37. The average molecular weight is 284 g/mol. The molecule has 19 heavy (non-hydrogen) atoms. The lowest BCUT2D eigenvalue weighted by Gasteiger charge is -2.20. The van der Waals surface area contributed by atoms with E-state index in [1.165, 1.54) is 26.2 Å². The summed E-state index contributed by atoms with van der Waals surface area (Å²) < 4.78 is 25.1. The zero-order chi connectivity index (χ0) is 14.8. The predicted octanol–water partition coefficient (Wildman–Crippen LogP) is 1.47. The van der Waals surface area contributed by atoms with Crippen LogP contribution in [0.15, 0.2) is 29.2 Å². The molecule has 0 aliphatic carbocycles. The van der Waals surface area contributed by atoms with Crippen LogP contribution in [0.25, 0.3) is 0 Å². The molecule has 0 spiro atoms. The van der Waals surface area contributed by atoms with Crippen molar-refractivity contribution in [3.8, 4) is 0 Å². The first-order valence-electron chi connectivity index (χ1n) is 5.89. The van der Waals surface area contributed by atoms with Gasteiger partial charge in [0.15, 0.2) is 0 Å². The van der Waals surface area contributed by atoms with E-state index in [-0.39, 0.29) is 16.3 Å². The summed E-state index contributed by atoms with van der Waals surface area (Å²) >= 11 is 0. The summed E-state index contributed by atoms with van der Waals surface area (Å²) in [6.07, 6.45) is 0. The molecule has 0 fully saturated rings. The first-order chi connectivity index (χ1) is 8.54. The first-order valence-corrected chi connectivity index (χ1v) is 7.33. The lowest BCUT2D eigenvalue weighted by molar-refractivity contribution is 0.0919. The largest absolute Gasteiger partial charge is 0.347 e. The van der Waals surface area contributed by atoms with Gasteiger partial charge in [-0.15, -0.1) is 0 Å². The van der Waals surface area contributed by atoms with Gasteiger partial charge in [0.2, 0.25) is 10.0 Å². The summed E-state index contributed by atoms with van der Waals surface area (Å²) in [7, 11) is -0.612. The second kappa shape index (κ2) is 5.30. The van der Waals surface area contributed by atoms with Gasteiger partial charge in [-0.3, -0.25) is 4.79 Å². The number of carbonyl (C=O) groups is 1. The van der Waals surface area contributed by atoms with Crippen molar-refractivity contribution in [1.29, 1.82) is 0 Å². The van der Waals surface area contributed by atoms with E-state index in [9.17, 15) is 13.2 Å². The van der Waals surface area contributed by atoms with Gasteiger partial charge in [0.05, 0.1) is 4.90 Å². The van der Waals surface area contributed by atoms with Crippen LogP contribution in [0.5, 0.6) is 0 Å². The van der Waals surface area contributed by atoms with Crippen LogP contribution in [0, 0.1) is 0 Å². The molecular formula is C13H20N2O3S. The molecule has 1 amide bonds. The van der Waals surface area contributed by atoms with Crippen LogP contribution in [-0.4, -0.2) is 38.3 Å². The quantitative estimate of drug-likeness (QED) is 0.914. The minimum absolute atomic E-state index is 0.110. The van der Waals surface area contributed by atoms with E-state index in [1.807, 2.05) is 20.8 Å². The molecule has 0 aliphatic rings. The third-order valence-corrected chi connectivity index (χ3v) is 4.17. The average Bonchev–Trinajstić information content (AvgIpc) is 2.26. The van der Waals surface area contributed by atoms with E-state index in [0.717, 1.165) is 4.31 Å². The van der Waals surface area contributed by atoms with Gasteiger partial charge >= 0.3 is 0 Å². The lowest BCUT2D eigenvalue weighted by atomic mass is 10.1. The molecule has 0 radical (unpaired) electrons. The molecule has 0 atom stereocenters. The normalized spacial score (nSPS) is 12.5. The van der Waals surface area contributed by atoms with Crippen molar-refractivity contribution in [1.82, 2.24) is 9.62 Å². The van der Waals surface area contributed by atoms with Crippen molar-refractivity contribution >= 4 is 15.9 Å². The van der Waals surface area contributed by atoms with E-state index in [4.69, 9.17) is 0 Å². The Hall–Kier alpha value is -1.40. The van der Waals surface area contributed by atoms with Crippen molar-refractivity contribution in [2.75, 3.05) is 14.1 Å². The highest BCUT2D eigenvalue weighted by Gasteiger charge is 2.20. The second-order valence-electron chi connectivity index (χ2n) is 5.52. The van der Waals surface area contributed by atoms with Gasteiger partial charge in [-0.25, -0.2) is 12.7 Å². The maximum Gasteiger partial charge on any atom is 0.251 e. The third-order valence-electron chi connectivity index (χ3n) is 2.36. The molecule has 0 unspecified atom stereocenters. The van der Waals surface area contributed by atoms with Crippen LogP contribution in [0.2, 0.25) is 0 Å². The fraction of sp³-hybridized carbons (Fsp3) is 0.462. The van der Waals surface area contributed by atoms with Gasteiger partial charge in [0, 0.05) is 25.2 Å². The van der Waals surface area contributed by atoms with Crippen LogP contribution in [-0.2, 0) is 10.0 Å². The maximum atomic E-state index is 12.0. The molecule has 0 heterocycles. The number of sulfonamides is 1. The molecule has 106 valence electrons. The number of benzene rings is 1. The highest BCUT2D eigenvalue weighted by Crippen LogP contribution is 2.15. The van der Waals surface area contributed by atoms with E-state index in [1.54, 1.807) is 12.1 Å². The Balaban J connectivity index is 3.12. The van der Waals surface area contributed by atoms with Gasteiger partial charge in [0.25, 0.3) is 5.91 Å². The van der Waals surface area contributed by atoms with Crippen LogP contribution >= 0.6 is 0 Å². The summed E-state index contributed by atoms with van der Waals surface area (Å²) in [5.74, 6) is -0.289. The molecule has 0 bridgehead atoms. The van der Waals surface area contributed by atoms with Crippen molar-refractivity contribution in [2.24, 2.45) is 0 Å². The molecule has 0 saturated heterocycles. The van der Waals surface area contributed by atoms with Gasteiger partial charge in [-0.05, 0) is 39.0 Å². The third kappa shape index (κ3) is 4.04. The number of nitrogens with zero attached hydrogens (tertiary/aromatic N) is 1. The van der Waals surface area contributed by atoms with Crippen LogP contribution in [0.4, 0.5) is 0 Å². The first kappa shape index (κ1) is 15.7. The van der Waals surface area contributed by atoms with Crippen molar-refractivity contribution in [2.45, 2.75) is 31.2 Å². The molecule has 1 rings (SSSR count). The zero-order valence-electron chi connectivity index (χ0n) is 11.9. The van der Waals surface area contributed by atoms with E-state index >= 15 is 0 Å². The minimum Gasteiger partial charge on any atom is -0.347 e. The summed E-state index contributed by atoms with van der Waals surface area (Å²) in [6.45, 7) is 5.60. The van der Waals surface area contributed by atoms with Crippen LogP contribution < -0.4 is 5.32 Å². The number of rotatable bonds is 3. The van der Waals surface area contributed by atoms with Crippen molar-refractivity contribution in [3.05, 3.63) is 29.8 Å². The number of hydrogen-bond acceptors (Lipinski definition) is 3. The second-order valence-corrected chi connectivity index (χ2v) is 7.67. The SMILES string of the molecule is CN(C)S(=O)(=O)c1cccc(C(=O)NC(C)(C)C)c1. The summed E-state index contributed by atoms with van der Waals surface area (Å²) in [5.41, 5.74) is -0.0362. The van der Waals surface area contributed by atoms with E-state index in [0.29, 0.717) is 5.56 Å². The molecular weight excluding hydrogens is 264 g/mol. The van der Waals surface area contributed by atoms with Gasteiger partial charge < -0.3 is 5.32 Å². The van der Waals surface area contributed by atoms with Crippen LogP contribution in [0.3, 0.4) is 0 Å². The fourth-order valence-electron chi connectivity index (χ4n) is 1.42. The summed E-state index contributed by atoms with van der Waals surface area (Å²) in [5, 5.41) is 2.80. The molecule has 1 aromatic carbocycles. The topological polar surface area (TPSA) is 66.5 Å². The Morgan fingerprint density at radius 1 is 1.21 bits per heavy atom. The molecule has 0 saturated carbocycles. The molecule has 0 aromatic heterocycles. The lowest BCUT2D eigenvalue weighted by Crippen LogP contribution is -2.40. The number of carbonyl (C=O) groups excluding carboxylic acids is 1. The number of nitrogens with one attached hydrogen (secondary N) is 1. The molecule has 0 aliphatic heterocycles. The van der Waals surface area contributed by atoms with Crippen molar-refractivity contribution < 1.29 is 13.2 Å². The molecule has 5 nitrogen and oxygen atoms in total. The van der Waals surface area contributed by atoms with Crippen LogP contribution in [0.1, 0.15) is 31.1 Å². The Labute approximate surface area is 114 Å². The molecule has 1 N–H and O–H groups in total. The predicted molar refractivity (Wildman–Crippen MR) is 74.5 cm³/mol. The van der Waals surface area contributed by atoms with Gasteiger partial charge in [-0.1, -0.05) is 6.07 Å². The van der Waals surface area contributed by atoms with Crippen molar-refractivity contribution in [3.63, 3.8) is 0 Å². The zero-order valence-corrected chi connectivity index (χ0v) is 12.7. The molecule has 1 aromatic rings. The Bertz CT molecular complexity index is 572. The monoisotopic (exact) mass is 284 g/mol. The standard InChI is InChI=1S/C13H20N2O3S/c1-13(2,3)14-12(16)10-7-6-8-11(9-10)19(17,18)15(4)5/h6-9H,1-5H3,(H,14,16). The van der Waals surface area contributed by atoms with Gasteiger partial charge in [0.1, 0.15) is 0 Å². The Morgan fingerprint density at radius 3 is 2.26 bits per heavy atom. The van der Waals surface area contributed by atoms with E-state index in [2.05, 4.69) is 5.32 Å². The fourth-order valence-corrected chi connectivity index (χ4v) is 2.37. The highest BCUT2D eigenvalue weighted by atomic mass is 32.2. The van der Waals surface area contributed by atoms with E-state index < -0.39 is 10.0 Å². The number of hydrogen-bond donors (Lipinski definition) is 1.